The number of methoxy groups -OCH3 is 1. The lowest BCUT2D eigenvalue weighted by Gasteiger charge is -2.00. The van der Waals surface area contributed by atoms with E-state index in [1.54, 1.807) is 24.3 Å². The molecule has 1 N–H and O–H groups in total. The van der Waals surface area contributed by atoms with Crippen LogP contribution in [0.3, 0.4) is 0 Å². The van der Waals surface area contributed by atoms with Crippen molar-refractivity contribution in [2.24, 2.45) is 0 Å². The minimum Gasteiger partial charge on any atom is -0.508 e. The molecule has 5 heteroatoms. The first kappa shape index (κ1) is 13.9. The molecular formula is C17H12O5. The van der Waals surface area contributed by atoms with Crippen LogP contribution >= 0.6 is 0 Å². The number of phenolic OH excluding ortho intramolecular Hbond substituents is 1. The smallest absolute Gasteiger partial charge is 0.337 e. The van der Waals surface area contributed by atoms with Crippen LogP contribution in [0, 0.1) is 0 Å². The van der Waals surface area contributed by atoms with Crippen LogP contribution in [-0.4, -0.2) is 24.0 Å². The molecule has 5 nitrogen and oxygen atoms in total. The van der Waals surface area contributed by atoms with Crippen molar-refractivity contribution in [1.82, 2.24) is 0 Å². The van der Waals surface area contributed by atoms with E-state index in [4.69, 9.17) is 4.74 Å². The number of aromatic hydroxyl groups is 1. The number of carbonyl (C=O) groups is 2. The number of hydrogen-bond acceptors (Lipinski definition) is 5. The summed E-state index contributed by atoms with van der Waals surface area (Å²) in [5.41, 5.74) is 1.25. The van der Waals surface area contributed by atoms with Gasteiger partial charge in [-0.3, -0.25) is 4.79 Å². The molecule has 0 bridgehead atoms. The Morgan fingerprint density at radius 3 is 2.77 bits per heavy atom. The lowest BCUT2D eigenvalue weighted by atomic mass is 10.1. The van der Waals surface area contributed by atoms with E-state index in [2.05, 4.69) is 4.74 Å². The Hall–Kier alpha value is -3.08. The van der Waals surface area contributed by atoms with Gasteiger partial charge >= 0.3 is 5.97 Å². The summed E-state index contributed by atoms with van der Waals surface area (Å²) in [5, 5.41) is 9.44. The second-order valence-corrected chi connectivity index (χ2v) is 4.74. The van der Waals surface area contributed by atoms with Gasteiger partial charge in [-0.1, -0.05) is 12.1 Å². The molecule has 3 rings (SSSR count). The zero-order valence-corrected chi connectivity index (χ0v) is 11.7. The molecule has 0 saturated carbocycles. The second-order valence-electron chi connectivity index (χ2n) is 4.74. The fourth-order valence-electron chi connectivity index (χ4n) is 2.20. The Morgan fingerprint density at radius 1 is 1.23 bits per heavy atom. The van der Waals surface area contributed by atoms with Gasteiger partial charge in [0.15, 0.2) is 5.76 Å². The maximum Gasteiger partial charge on any atom is 0.337 e. The van der Waals surface area contributed by atoms with Gasteiger partial charge in [0, 0.05) is 0 Å². The molecule has 0 radical (unpaired) electrons. The number of allylic oxidation sites excluding steroid dienone is 1. The Labute approximate surface area is 126 Å². The molecule has 1 aliphatic heterocycles. The van der Waals surface area contributed by atoms with Crippen molar-refractivity contribution < 1.29 is 24.2 Å². The summed E-state index contributed by atoms with van der Waals surface area (Å²) in [4.78, 5) is 23.9. The first-order valence-electron chi connectivity index (χ1n) is 6.54. The normalized spacial score (nSPS) is 14.6. The zero-order chi connectivity index (χ0) is 15.7. The number of benzene rings is 2. The van der Waals surface area contributed by atoms with Gasteiger partial charge in [-0.15, -0.1) is 0 Å². The van der Waals surface area contributed by atoms with Gasteiger partial charge in [-0.25, -0.2) is 4.79 Å². The molecule has 1 aliphatic rings. The monoisotopic (exact) mass is 296 g/mol. The van der Waals surface area contributed by atoms with Crippen molar-refractivity contribution in [3.8, 4) is 11.5 Å². The maximum atomic E-state index is 12.3. The number of phenols is 1. The van der Waals surface area contributed by atoms with Gasteiger partial charge in [-0.05, 0) is 42.0 Å². The Morgan fingerprint density at radius 2 is 2.05 bits per heavy atom. The highest BCUT2D eigenvalue weighted by Crippen LogP contribution is 2.33. The average molecular weight is 296 g/mol. The summed E-state index contributed by atoms with van der Waals surface area (Å²) in [6, 6.07) is 11.0. The van der Waals surface area contributed by atoms with Crippen LogP contribution < -0.4 is 4.74 Å². The number of ether oxygens (including phenoxy) is 2. The maximum absolute atomic E-state index is 12.3. The van der Waals surface area contributed by atoms with Crippen LogP contribution in [0.4, 0.5) is 0 Å². The van der Waals surface area contributed by atoms with E-state index in [1.165, 1.54) is 31.4 Å². The van der Waals surface area contributed by atoms with Crippen molar-refractivity contribution in [3.05, 3.63) is 64.9 Å². The third kappa shape index (κ3) is 2.44. The standard InChI is InChI=1S/C17H12O5/c1-21-17(20)11-5-6-14-13(9-11)16(19)15(22-14)8-10-3-2-4-12(18)7-10/h2-9,18H,1H3/b15-8-. The van der Waals surface area contributed by atoms with Crippen molar-refractivity contribution >= 4 is 17.8 Å². The van der Waals surface area contributed by atoms with Gasteiger partial charge in [0.1, 0.15) is 11.5 Å². The SMILES string of the molecule is COC(=O)c1ccc2c(c1)C(=O)/C(=C/c1cccc(O)c1)O2. The van der Waals surface area contributed by atoms with Gasteiger partial charge in [0.2, 0.25) is 5.78 Å². The number of Topliss-reactive ketones (excluding diaryl/α,β-unsaturated/α-hetero) is 1. The van der Waals surface area contributed by atoms with Crippen LogP contribution in [-0.2, 0) is 4.74 Å². The predicted octanol–water partition coefficient (Wildman–Crippen LogP) is 2.80. The molecule has 110 valence electrons. The van der Waals surface area contributed by atoms with E-state index in [0.717, 1.165) is 0 Å². The molecular weight excluding hydrogens is 284 g/mol. The number of ketones is 1. The molecule has 0 unspecified atom stereocenters. The quantitative estimate of drug-likeness (QED) is 0.681. The lowest BCUT2D eigenvalue weighted by molar-refractivity contribution is 0.0600. The molecule has 0 fully saturated rings. The molecule has 0 aliphatic carbocycles. The largest absolute Gasteiger partial charge is 0.508 e. The van der Waals surface area contributed by atoms with E-state index in [1.807, 2.05) is 0 Å². The molecule has 0 amide bonds. The minimum atomic E-state index is -0.513. The first-order chi connectivity index (χ1) is 10.6. The average Bonchev–Trinajstić information content (AvgIpc) is 2.82. The van der Waals surface area contributed by atoms with Gasteiger partial charge < -0.3 is 14.6 Å². The van der Waals surface area contributed by atoms with E-state index in [0.29, 0.717) is 16.9 Å². The number of hydrogen-bond donors (Lipinski definition) is 1. The van der Waals surface area contributed by atoms with E-state index in [9.17, 15) is 14.7 Å². The molecule has 0 atom stereocenters. The van der Waals surface area contributed by atoms with Crippen LogP contribution in [0.2, 0.25) is 0 Å². The molecule has 2 aromatic rings. The topological polar surface area (TPSA) is 72.8 Å². The van der Waals surface area contributed by atoms with Crippen molar-refractivity contribution in [1.29, 1.82) is 0 Å². The summed E-state index contributed by atoms with van der Waals surface area (Å²) in [6.45, 7) is 0. The first-order valence-corrected chi connectivity index (χ1v) is 6.54. The molecule has 0 aromatic heterocycles. The molecule has 2 aromatic carbocycles. The Kier molecular flexibility index (Phi) is 3.39. The van der Waals surface area contributed by atoms with Crippen LogP contribution in [0.25, 0.3) is 6.08 Å². The summed E-state index contributed by atoms with van der Waals surface area (Å²) in [5.74, 6) is -0.193. The fraction of sp³-hybridized carbons (Fsp3) is 0.0588. The summed E-state index contributed by atoms with van der Waals surface area (Å²) in [6.07, 6.45) is 1.54. The predicted molar refractivity (Wildman–Crippen MR) is 78.8 cm³/mol. The minimum absolute atomic E-state index is 0.102. The Bertz CT molecular complexity index is 804. The summed E-state index contributed by atoms with van der Waals surface area (Å²) in [7, 11) is 1.28. The third-order valence-electron chi connectivity index (χ3n) is 3.26. The molecule has 22 heavy (non-hydrogen) atoms. The number of esters is 1. The van der Waals surface area contributed by atoms with Crippen molar-refractivity contribution in [3.63, 3.8) is 0 Å². The highest BCUT2D eigenvalue weighted by atomic mass is 16.5. The van der Waals surface area contributed by atoms with E-state index < -0.39 is 5.97 Å². The highest BCUT2D eigenvalue weighted by molar-refractivity contribution is 6.15. The number of rotatable bonds is 2. The van der Waals surface area contributed by atoms with Gasteiger partial charge in [0.05, 0.1) is 18.2 Å². The molecule has 0 spiro atoms. The highest BCUT2D eigenvalue weighted by Gasteiger charge is 2.28. The summed E-state index contributed by atoms with van der Waals surface area (Å²) >= 11 is 0. The van der Waals surface area contributed by atoms with Crippen molar-refractivity contribution in [2.45, 2.75) is 0 Å². The third-order valence-corrected chi connectivity index (χ3v) is 3.26. The Balaban J connectivity index is 1.96. The van der Waals surface area contributed by atoms with Crippen LogP contribution in [0.5, 0.6) is 11.5 Å². The van der Waals surface area contributed by atoms with Crippen molar-refractivity contribution in [2.75, 3.05) is 7.11 Å². The number of fused-ring (bicyclic) bond motifs is 1. The number of carbonyl (C=O) groups excluding carboxylic acids is 2. The second kappa shape index (κ2) is 5.37. The van der Waals surface area contributed by atoms with E-state index in [-0.39, 0.29) is 22.9 Å². The molecule has 1 heterocycles. The van der Waals surface area contributed by atoms with E-state index >= 15 is 0 Å². The lowest BCUT2D eigenvalue weighted by Crippen LogP contribution is -2.02. The summed E-state index contributed by atoms with van der Waals surface area (Å²) < 4.78 is 10.1. The molecule has 0 saturated heterocycles. The zero-order valence-electron chi connectivity index (χ0n) is 11.7. The fourth-order valence-corrected chi connectivity index (χ4v) is 2.20. The van der Waals surface area contributed by atoms with Gasteiger partial charge in [0.25, 0.3) is 0 Å². The van der Waals surface area contributed by atoms with Crippen LogP contribution in [0.1, 0.15) is 26.3 Å². The van der Waals surface area contributed by atoms with Crippen LogP contribution in [0.15, 0.2) is 48.2 Å². The van der Waals surface area contributed by atoms with Gasteiger partial charge in [-0.2, -0.15) is 0 Å².